The fourth-order valence-corrected chi connectivity index (χ4v) is 4.89. The topological polar surface area (TPSA) is 86.0 Å². The van der Waals surface area contributed by atoms with Crippen LogP contribution in [0.4, 0.5) is 4.79 Å². The van der Waals surface area contributed by atoms with Crippen LogP contribution >= 0.6 is 0 Å². The molecule has 5 rings (SSSR count). The van der Waals surface area contributed by atoms with Crippen molar-refractivity contribution in [2.45, 2.75) is 33.0 Å². The molecule has 8 heteroatoms. The number of benzene rings is 2. The Morgan fingerprint density at radius 2 is 1.86 bits per heavy atom. The number of ether oxygens (including phenoxy) is 2. The number of nitrogens with zero attached hydrogens (tertiary/aromatic N) is 2. The molecule has 37 heavy (non-hydrogen) atoms. The molecule has 0 amide bonds. The third-order valence-electron chi connectivity index (χ3n) is 5.67. The number of carbonyl (C=O) groups excluding carboxylic acids is 2. The predicted octanol–water partition coefficient (Wildman–Crippen LogP) is 3.32. The number of hydrogen-bond acceptors (Lipinski definition) is 5. The summed E-state index contributed by atoms with van der Waals surface area (Å²) in [6.07, 6.45) is 4.46. The summed E-state index contributed by atoms with van der Waals surface area (Å²) in [5.74, 6) is 0.312. The van der Waals surface area contributed by atoms with E-state index in [9.17, 15) is 9.59 Å². The quantitative estimate of drug-likeness (QED) is 0.141. The highest BCUT2D eigenvalue weighted by molar-refractivity contribution is 7.81. The van der Waals surface area contributed by atoms with Crippen LogP contribution in [-0.2, 0) is 22.7 Å². The summed E-state index contributed by atoms with van der Waals surface area (Å²) in [5.41, 5.74) is 2.14. The van der Waals surface area contributed by atoms with Gasteiger partial charge in [-0.3, -0.25) is 0 Å². The van der Waals surface area contributed by atoms with Crippen molar-refractivity contribution in [1.29, 1.82) is 0 Å². The Morgan fingerprint density at radius 3 is 2.59 bits per heavy atom. The van der Waals surface area contributed by atoms with E-state index < -0.39 is 11.7 Å². The third-order valence-corrected chi connectivity index (χ3v) is 6.65. The molecule has 0 saturated carbocycles. The average molecular weight is 514 g/mol. The number of fused-ring (bicyclic) bond motifs is 1. The molecule has 3 heterocycles. The van der Waals surface area contributed by atoms with E-state index in [0.717, 1.165) is 16.5 Å². The van der Waals surface area contributed by atoms with Crippen molar-refractivity contribution in [3.05, 3.63) is 107 Å². The van der Waals surface area contributed by atoms with Gasteiger partial charge in [-0.2, -0.15) is 4.57 Å². The maximum Gasteiger partial charge on any atom is 0.545 e. The zero-order chi connectivity index (χ0) is 26.0. The molecule has 2 aromatic heterocycles. The Labute approximate surface area is 219 Å². The summed E-state index contributed by atoms with van der Waals surface area (Å²) in [5, 5.41) is 5.25. The van der Waals surface area contributed by atoms with E-state index in [1.54, 1.807) is 45.4 Å². The van der Waals surface area contributed by atoms with E-state index in [1.165, 1.54) is 15.9 Å². The van der Waals surface area contributed by atoms with Gasteiger partial charge in [0.25, 0.3) is 5.37 Å². The molecule has 2 N–H and O–H groups in total. The second-order valence-corrected chi connectivity index (χ2v) is 10.5. The van der Waals surface area contributed by atoms with E-state index in [1.807, 2.05) is 65.3 Å². The van der Waals surface area contributed by atoms with Crippen LogP contribution in [0.1, 0.15) is 42.3 Å². The highest BCUT2D eigenvalue weighted by atomic mass is 32.1. The molecular weight excluding hydrogens is 486 g/mol. The monoisotopic (exact) mass is 513 g/mol. The molecule has 0 bridgehead atoms. The Morgan fingerprint density at radius 1 is 1.05 bits per heavy atom. The van der Waals surface area contributed by atoms with E-state index >= 15 is 0 Å². The number of pyridine rings is 1. The zero-order valence-electron chi connectivity index (χ0n) is 20.8. The van der Waals surface area contributed by atoms with Gasteiger partial charge in [-0.15, -0.1) is 18.2 Å². The van der Waals surface area contributed by atoms with Gasteiger partial charge in [0.1, 0.15) is 29.9 Å². The van der Waals surface area contributed by atoms with Crippen LogP contribution in [0.15, 0.2) is 79.3 Å². The summed E-state index contributed by atoms with van der Waals surface area (Å²) >= 11 is 1.48. The van der Waals surface area contributed by atoms with Crippen LogP contribution in [0, 0.1) is 11.4 Å². The van der Waals surface area contributed by atoms with Gasteiger partial charge in [0.05, 0.1) is 6.04 Å². The van der Waals surface area contributed by atoms with Gasteiger partial charge in [-0.1, -0.05) is 48.7 Å². The van der Waals surface area contributed by atoms with E-state index in [4.69, 9.17) is 9.47 Å². The lowest BCUT2D eigenvalue weighted by Gasteiger charge is -2.18. The summed E-state index contributed by atoms with van der Waals surface area (Å²) < 4.78 is 13.2. The summed E-state index contributed by atoms with van der Waals surface area (Å²) in [4.78, 5) is 31.1. The smallest absolute Gasteiger partial charge is 0.495 e. The predicted molar refractivity (Wildman–Crippen MR) is 142 cm³/mol. The standard InChI is InChI=1S/C29H27N3O4S/c1-29(2,3)36-28(34)32-16-22(26(33)23-18-37-27(31-23)20-11-8-14-30-15-20)21-12-7-13-24(25(21)32)35-17-19-9-5-4-6-10-19/h4-16,18H,17,31H2,1-3H3. The first kappa shape index (κ1) is 24.5. The van der Waals surface area contributed by atoms with Gasteiger partial charge in [0.2, 0.25) is 0 Å². The number of hydrogen-bond donors (Lipinski definition) is 1. The van der Waals surface area contributed by atoms with Gasteiger partial charge < -0.3 is 24.6 Å². The summed E-state index contributed by atoms with van der Waals surface area (Å²) in [6.45, 7) is 5.74. The summed E-state index contributed by atoms with van der Waals surface area (Å²) in [7, 11) is 0. The molecule has 1 aliphatic heterocycles. The third kappa shape index (κ3) is 5.35. The molecule has 0 fully saturated rings. The first-order valence-electron chi connectivity index (χ1n) is 11.9. The fraction of sp³-hybridized carbons (Fsp3) is 0.172. The molecule has 7 nitrogen and oxygen atoms in total. The number of Topliss-reactive ketones (excluding diaryl/α,β-unsaturated/α-hetero) is 1. The van der Waals surface area contributed by atoms with Crippen molar-refractivity contribution in [3.8, 4) is 5.75 Å². The fourth-order valence-electron chi connectivity index (χ4n) is 4.01. The summed E-state index contributed by atoms with van der Waals surface area (Å²) in [6, 6.07) is 19.6. The Hall–Kier alpha value is -4.14. The molecular formula is C29H27N3O4S. The van der Waals surface area contributed by atoms with Gasteiger partial charge >= 0.3 is 6.09 Å². The van der Waals surface area contributed by atoms with Gasteiger partial charge in [-0.25, -0.2) is 4.79 Å². The van der Waals surface area contributed by atoms with Crippen LogP contribution < -0.4 is 14.6 Å². The lowest BCUT2D eigenvalue weighted by Crippen LogP contribution is -2.86. The van der Waals surface area contributed by atoms with Crippen molar-refractivity contribution in [2.75, 3.05) is 0 Å². The number of nitrogens with two attached hydrogens (primary N) is 1. The number of quaternary nitrogens is 1. The molecule has 0 aliphatic carbocycles. The number of aromatic nitrogens is 2. The minimum Gasteiger partial charge on any atom is -0.495 e. The van der Waals surface area contributed by atoms with Crippen molar-refractivity contribution in [3.63, 3.8) is 0 Å². The van der Waals surface area contributed by atoms with Crippen molar-refractivity contribution in [1.82, 2.24) is 4.98 Å². The van der Waals surface area contributed by atoms with Crippen LogP contribution in [0.5, 0.6) is 5.75 Å². The normalized spacial score (nSPS) is 13.3. The Kier molecular flexibility index (Phi) is 6.69. The van der Waals surface area contributed by atoms with Crippen molar-refractivity contribution in [2.24, 2.45) is 0 Å². The number of rotatable bonds is 6. The lowest BCUT2D eigenvalue weighted by atomic mass is 10.0. The molecule has 0 unspecified atom stereocenters. The molecule has 188 valence electrons. The zero-order valence-corrected chi connectivity index (χ0v) is 21.6. The van der Waals surface area contributed by atoms with Crippen LogP contribution in [0.25, 0.3) is 10.9 Å². The highest BCUT2D eigenvalue weighted by Gasteiger charge is 2.35. The van der Waals surface area contributed by atoms with Gasteiger partial charge in [0.15, 0.2) is 22.2 Å². The number of ketones is 1. The molecule has 0 atom stereocenters. The molecule has 0 radical (unpaired) electrons. The molecule has 0 saturated heterocycles. The lowest BCUT2D eigenvalue weighted by molar-refractivity contribution is -0.580. The van der Waals surface area contributed by atoms with Gasteiger partial charge in [-0.05, 0) is 43.5 Å². The van der Waals surface area contributed by atoms with E-state index in [2.05, 4.69) is 4.98 Å². The van der Waals surface area contributed by atoms with Crippen LogP contribution in [0.2, 0.25) is 0 Å². The molecule has 4 aromatic rings. The van der Waals surface area contributed by atoms with E-state index in [0.29, 0.717) is 34.9 Å². The minimum absolute atomic E-state index is 0.182. The molecule has 1 aliphatic rings. The largest absolute Gasteiger partial charge is 0.545 e. The Bertz CT molecular complexity index is 1460. The van der Waals surface area contributed by atoms with Crippen molar-refractivity contribution >= 4 is 39.5 Å². The number of carbonyl (C=O) groups is 2. The average Bonchev–Trinajstić information content (AvgIpc) is 3.53. The Balaban J connectivity index is 1.50. The van der Waals surface area contributed by atoms with Crippen molar-refractivity contribution < 1.29 is 28.9 Å². The highest BCUT2D eigenvalue weighted by Crippen LogP contribution is 2.29. The maximum absolute atomic E-state index is 13.7. The second-order valence-electron chi connectivity index (χ2n) is 9.59. The first-order valence-corrected chi connectivity index (χ1v) is 12.8. The number of para-hydroxylation sites is 1. The van der Waals surface area contributed by atoms with Gasteiger partial charge in [0, 0.05) is 5.56 Å². The molecule has 2 aromatic carbocycles. The van der Waals surface area contributed by atoms with E-state index in [-0.39, 0.29) is 5.78 Å². The second kappa shape index (κ2) is 10.1. The van der Waals surface area contributed by atoms with Crippen LogP contribution in [-0.4, -0.2) is 27.8 Å². The minimum atomic E-state index is -0.705. The van der Waals surface area contributed by atoms with Crippen LogP contribution in [0.3, 0.4) is 0 Å². The molecule has 0 spiro atoms. The first-order chi connectivity index (χ1) is 17.8. The maximum atomic E-state index is 13.7. The SMILES string of the molecule is CC(C)(C)OC(=O)[n+]1cc(C(=O)[C-]2C=[S+][C-](c3cccnc3)[NH2+]2)c2cccc(OCc3ccccc3)[c-]21.